The third-order valence-corrected chi connectivity index (χ3v) is 4.43. The van der Waals surface area contributed by atoms with Gasteiger partial charge in [-0.15, -0.1) is 23.7 Å². The zero-order valence-corrected chi connectivity index (χ0v) is 12.5. The second-order valence-electron chi connectivity index (χ2n) is 4.92. The van der Waals surface area contributed by atoms with E-state index in [9.17, 15) is 4.79 Å². The van der Waals surface area contributed by atoms with E-state index in [0.717, 1.165) is 30.8 Å². The van der Waals surface area contributed by atoms with E-state index in [0.29, 0.717) is 5.92 Å². The van der Waals surface area contributed by atoms with Gasteiger partial charge in [0.2, 0.25) is 0 Å². The predicted molar refractivity (Wildman–Crippen MR) is 78.6 cm³/mol. The van der Waals surface area contributed by atoms with Crippen LogP contribution in [0.4, 0.5) is 0 Å². The van der Waals surface area contributed by atoms with Gasteiger partial charge in [-0.3, -0.25) is 4.79 Å². The highest BCUT2D eigenvalue weighted by Crippen LogP contribution is 2.23. The Hall–Kier alpha value is -0.580. The van der Waals surface area contributed by atoms with Crippen LogP contribution in [0.2, 0.25) is 0 Å². The molecule has 0 radical (unpaired) electrons. The second-order valence-corrected chi connectivity index (χ2v) is 6.21. The average molecular weight is 289 g/mol. The van der Waals surface area contributed by atoms with Crippen molar-refractivity contribution in [1.82, 2.24) is 4.90 Å². The monoisotopic (exact) mass is 288 g/mol. The van der Waals surface area contributed by atoms with E-state index in [-0.39, 0.29) is 24.4 Å². The number of carbonyl (C=O) groups excluding carboxylic acids is 1. The molecule has 2 rings (SSSR count). The molecule has 1 aliphatic rings. The maximum absolute atomic E-state index is 12.3. The molecule has 1 aliphatic heterocycles. The molecule has 2 heterocycles. The molecule has 0 spiro atoms. The van der Waals surface area contributed by atoms with Crippen LogP contribution in [-0.4, -0.2) is 29.9 Å². The van der Waals surface area contributed by atoms with Gasteiger partial charge in [0, 0.05) is 24.0 Å². The van der Waals surface area contributed by atoms with Crippen LogP contribution >= 0.6 is 23.7 Å². The molecule has 0 aliphatic carbocycles. The summed E-state index contributed by atoms with van der Waals surface area (Å²) in [6, 6.07) is 4.11. The van der Waals surface area contributed by atoms with Crippen molar-refractivity contribution in [1.29, 1.82) is 0 Å². The van der Waals surface area contributed by atoms with Crippen molar-refractivity contribution >= 4 is 29.7 Å². The Morgan fingerprint density at radius 2 is 2.28 bits per heavy atom. The zero-order chi connectivity index (χ0) is 12.4. The van der Waals surface area contributed by atoms with Gasteiger partial charge in [0.05, 0.1) is 4.88 Å². The molecule has 1 aromatic rings. The lowest BCUT2D eigenvalue weighted by molar-refractivity contribution is 0.0666. The Labute approximate surface area is 119 Å². The SMILES string of the molecule is Cc1ccc(C(=O)N2CCCC(C(C)N)C2)s1.Cl. The van der Waals surface area contributed by atoms with Crippen molar-refractivity contribution in [3.05, 3.63) is 21.9 Å². The molecular formula is C13H21ClN2OS. The van der Waals surface area contributed by atoms with Crippen LogP contribution in [0.15, 0.2) is 12.1 Å². The Morgan fingerprint density at radius 1 is 1.56 bits per heavy atom. The number of thiophene rings is 1. The van der Waals surface area contributed by atoms with E-state index in [1.165, 1.54) is 4.88 Å². The highest BCUT2D eigenvalue weighted by Gasteiger charge is 2.26. The topological polar surface area (TPSA) is 46.3 Å². The van der Waals surface area contributed by atoms with Crippen molar-refractivity contribution in [3.8, 4) is 0 Å². The summed E-state index contributed by atoms with van der Waals surface area (Å²) in [6.07, 6.45) is 2.22. The van der Waals surface area contributed by atoms with Crippen molar-refractivity contribution in [2.24, 2.45) is 11.7 Å². The van der Waals surface area contributed by atoms with E-state index in [2.05, 4.69) is 0 Å². The minimum Gasteiger partial charge on any atom is -0.338 e. The van der Waals surface area contributed by atoms with Crippen LogP contribution in [0, 0.1) is 12.8 Å². The van der Waals surface area contributed by atoms with Gasteiger partial charge in [-0.05, 0) is 44.7 Å². The quantitative estimate of drug-likeness (QED) is 0.909. The molecule has 0 aromatic carbocycles. The number of amides is 1. The molecule has 2 N–H and O–H groups in total. The Bertz CT molecular complexity index is 405. The molecule has 102 valence electrons. The third-order valence-electron chi connectivity index (χ3n) is 3.44. The number of carbonyl (C=O) groups is 1. The molecule has 1 aromatic heterocycles. The molecule has 5 heteroatoms. The van der Waals surface area contributed by atoms with Crippen LogP contribution in [-0.2, 0) is 0 Å². The molecule has 0 bridgehead atoms. The first kappa shape index (κ1) is 15.5. The standard InChI is InChI=1S/C13H20N2OS.ClH/c1-9-5-6-12(17-9)13(16)15-7-3-4-11(8-15)10(2)14;/h5-6,10-11H,3-4,7-8,14H2,1-2H3;1H. The Morgan fingerprint density at radius 3 is 2.83 bits per heavy atom. The lowest BCUT2D eigenvalue weighted by atomic mass is 9.92. The van der Waals surface area contributed by atoms with Crippen molar-refractivity contribution in [2.75, 3.05) is 13.1 Å². The molecule has 0 saturated carbocycles. The first-order valence-corrected chi connectivity index (χ1v) is 7.01. The summed E-state index contributed by atoms with van der Waals surface area (Å²) in [5, 5.41) is 0. The van der Waals surface area contributed by atoms with Crippen molar-refractivity contribution in [2.45, 2.75) is 32.7 Å². The Kier molecular flexibility index (Phi) is 5.63. The maximum Gasteiger partial charge on any atom is 0.263 e. The fourth-order valence-corrected chi connectivity index (χ4v) is 3.16. The first-order chi connectivity index (χ1) is 8.08. The minimum absolute atomic E-state index is 0. The lowest BCUT2D eigenvalue weighted by Gasteiger charge is -2.34. The molecular weight excluding hydrogens is 268 g/mol. The summed E-state index contributed by atoms with van der Waals surface area (Å²) < 4.78 is 0. The zero-order valence-electron chi connectivity index (χ0n) is 10.9. The highest BCUT2D eigenvalue weighted by atomic mass is 35.5. The fraction of sp³-hybridized carbons (Fsp3) is 0.615. The number of hydrogen-bond acceptors (Lipinski definition) is 3. The number of piperidine rings is 1. The number of likely N-dealkylation sites (tertiary alicyclic amines) is 1. The lowest BCUT2D eigenvalue weighted by Crippen LogP contribution is -2.44. The van der Waals surface area contributed by atoms with E-state index >= 15 is 0 Å². The minimum atomic E-state index is 0. The summed E-state index contributed by atoms with van der Waals surface area (Å²) in [5.41, 5.74) is 5.94. The van der Waals surface area contributed by atoms with Crippen molar-refractivity contribution in [3.63, 3.8) is 0 Å². The predicted octanol–water partition coefficient (Wildman–Crippen LogP) is 2.68. The highest BCUT2D eigenvalue weighted by molar-refractivity contribution is 7.13. The average Bonchev–Trinajstić information content (AvgIpc) is 2.75. The summed E-state index contributed by atoms with van der Waals surface area (Å²) in [7, 11) is 0. The normalized spacial score (nSPS) is 21.3. The van der Waals surface area contributed by atoms with Gasteiger partial charge in [-0.2, -0.15) is 0 Å². The fourth-order valence-electron chi connectivity index (χ4n) is 2.33. The largest absolute Gasteiger partial charge is 0.338 e. The number of rotatable bonds is 2. The molecule has 1 fully saturated rings. The van der Waals surface area contributed by atoms with Crippen LogP contribution in [0.3, 0.4) is 0 Å². The van der Waals surface area contributed by atoms with Gasteiger partial charge >= 0.3 is 0 Å². The van der Waals surface area contributed by atoms with E-state index in [1.807, 2.05) is 30.9 Å². The molecule has 18 heavy (non-hydrogen) atoms. The maximum atomic E-state index is 12.3. The van der Waals surface area contributed by atoms with Crippen LogP contribution in [0.5, 0.6) is 0 Å². The van der Waals surface area contributed by atoms with Gasteiger partial charge in [-0.1, -0.05) is 0 Å². The smallest absolute Gasteiger partial charge is 0.263 e. The molecule has 2 unspecified atom stereocenters. The molecule has 3 nitrogen and oxygen atoms in total. The van der Waals surface area contributed by atoms with E-state index in [4.69, 9.17) is 5.73 Å². The number of halogens is 1. The third kappa shape index (κ3) is 3.46. The Balaban J connectivity index is 0.00000162. The van der Waals surface area contributed by atoms with Crippen molar-refractivity contribution < 1.29 is 4.79 Å². The van der Waals surface area contributed by atoms with E-state index < -0.39 is 0 Å². The summed E-state index contributed by atoms with van der Waals surface area (Å²) >= 11 is 1.58. The summed E-state index contributed by atoms with van der Waals surface area (Å²) in [4.78, 5) is 16.3. The van der Waals surface area contributed by atoms with Crippen LogP contribution < -0.4 is 5.73 Å². The van der Waals surface area contributed by atoms with Gasteiger partial charge in [-0.25, -0.2) is 0 Å². The summed E-state index contributed by atoms with van der Waals surface area (Å²) in [5.74, 6) is 0.627. The number of hydrogen-bond donors (Lipinski definition) is 1. The van der Waals surface area contributed by atoms with Crippen LogP contribution in [0.1, 0.15) is 34.3 Å². The number of nitrogens with zero attached hydrogens (tertiary/aromatic N) is 1. The molecule has 1 amide bonds. The van der Waals surface area contributed by atoms with Crippen LogP contribution in [0.25, 0.3) is 0 Å². The first-order valence-electron chi connectivity index (χ1n) is 6.19. The number of aryl methyl sites for hydroxylation is 1. The molecule has 1 saturated heterocycles. The van der Waals surface area contributed by atoms with E-state index in [1.54, 1.807) is 11.3 Å². The van der Waals surface area contributed by atoms with Gasteiger partial charge < -0.3 is 10.6 Å². The van der Waals surface area contributed by atoms with Gasteiger partial charge in [0.15, 0.2) is 0 Å². The second kappa shape index (κ2) is 6.55. The summed E-state index contributed by atoms with van der Waals surface area (Å²) in [6.45, 7) is 5.75. The number of nitrogens with two attached hydrogens (primary N) is 1. The van der Waals surface area contributed by atoms with Gasteiger partial charge in [0.25, 0.3) is 5.91 Å². The molecule has 2 atom stereocenters. The van der Waals surface area contributed by atoms with Gasteiger partial charge in [0.1, 0.15) is 0 Å².